The van der Waals surface area contributed by atoms with E-state index in [0.29, 0.717) is 29.6 Å². The van der Waals surface area contributed by atoms with Gasteiger partial charge in [-0.1, -0.05) is 12.1 Å². The zero-order valence-electron chi connectivity index (χ0n) is 14.6. The van der Waals surface area contributed by atoms with Crippen LogP contribution >= 0.6 is 0 Å². The number of anilines is 3. The SMILES string of the molecule is COC(=O)c1ccc(Nc2nncc(NCCc3ccc(F)cc3)n2)cc1. The molecule has 138 valence electrons. The van der Waals surface area contributed by atoms with Gasteiger partial charge in [-0.15, -0.1) is 5.10 Å². The van der Waals surface area contributed by atoms with Crippen LogP contribution in [-0.2, 0) is 11.2 Å². The predicted octanol–water partition coefficient (Wildman–Crippen LogP) is 3.20. The summed E-state index contributed by atoms with van der Waals surface area (Å²) in [6.07, 6.45) is 2.25. The third kappa shape index (κ3) is 5.21. The number of methoxy groups -OCH3 is 1. The molecule has 0 bridgehead atoms. The minimum Gasteiger partial charge on any atom is -0.465 e. The number of hydrogen-bond donors (Lipinski definition) is 2. The zero-order chi connectivity index (χ0) is 19.1. The molecule has 7 nitrogen and oxygen atoms in total. The molecule has 27 heavy (non-hydrogen) atoms. The molecule has 3 rings (SSSR count). The highest BCUT2D eigenvalue weighted by Crippen LogP contribution is 2.15. The van der Waals surface area contributed by atoms with Crippen molar-refractivity contribution in [2.75, 3.05) is 24.3 Å². The lowest BCUT2D eigenvalue weighted by molar-refractivity contribution is 0.0601. The second-order valence-electron chi connectivity index (χ2n) is 5.66. The first kappa shape index (κ1) is 18.2. The molecule has 0 aliphatic heterocycles. The fourth-order valence-electron chi connectivity index (χ4n) is 2.36. The molecule has 2 N–H and O–H groups in total. The standard InChI is InChI=1S/C19H18FN5O2/c1-27-18(26)14-4-8-16(9-5-14)23-19-24-17(12-22-25-19)21-11-10-13-2-6-15(20)7-3-13/h2-9,12H,10-11H2,1H3,(H2,21,23,24,25). The van der Waals surface area contributed by atoms with Crippen molar-refractivity contribution in [3.8, 4) is 0 Å². The normalized spacial score (nSPS) is 10.3. The summed E-state index contributed by atoms with van der Waals surface area (Å²) in [5.74, 6) is 0.252. The maximum Gasteiger partial charge on any atom is 0.337 e. The molecule has 0 aliphatic carbocycles. The third-order valence-electron chi connectivity index (χ3n) is 3.75. The van der Waals surface area contributed by atoms with Crippen LogP contribution in [0.25, 0.3) is 0 Å². The lowest BCUT2D eigenvalue weighted by atomic mass is 10.1. The topological polar surface area (TPSA) is 89.0 Å². The van der Waals surface area contributed by atoms with Crippen molar-refractivity contribution in [1.29, 1.82) is 0 Å². The van der Waals surface area contributed by atoms with Gasteiger partial charge in [0.25, 0.3) is 0 Å². The number of carbonyl (C=O) groups excluding carboxylic acids is 1. The van der Waals surface area contributed by atoms with Crippen LogP contribution < -0.4 is 10.6 Å². The van der Waals surface area contributed by atoms with Crippen molar-refractivity contribution in [3.63, 3.8) is 0 Å². The fraction of sp³-hybridized carbons (Fsp3) is 0.158. The van der Waals surface area contributed by atoms with E-state index in [9.17, 15) is 9.18 Å². The second-order valence-corrected chi connectivity index (χ2v) is 5.66. The summed E-state index contributed by atoms with van der Waals surface area (Å²) < 4.78 is 17.6. The van der Waals surface area contributed by atoms with Crippen molar-refractivity contribution in [1.82, 2.24) is 15.2 Å². The van der Waals surface area contributed by atoms with Gasteiger partial charge in [0.15, 0.2) is 5.82 Å². The Bertz CT molecular complexity index is 901. The number of hydrogen-bond acceptors (Lipinski definition) is 7. The van der Waals surface area contributed by atoms with Gasteiger partial charge in [0.1, 0.15) is 5.82 Å². The van der Waals surface area contributed by atoms with Crippen LogP contribution in [0.2, 0.25) is 0 Å². The molecule has 0 atom stereocenters. The van der Waals surface area contributed by atoms with Gasteiger partial charge < -0.3 is 15.4 Å². The molecule has 0 saturated carbocycles. The van der Waals surface area contributed by atoms with Gasteiger partial charge in [0.05, 0.1) is 18.9 Å². The number of aromatic nitrogens is 3. The number of esters is 1. The van der Waals surface area contributed by atoms with E-state index in [4.69, 9.17) is 0 Å². The number of nitrogens with zero attached hydrogens (tertiary/aromatic N) is 3. The van der Waals surface area contributed by atoms with Crippen LogP contribution in [0.4, 0.5) is 21.8 Å². The Hall–Kier alpha value is -3.55. The van der Waals surface area contributed by atoms with Gasteiger partial charge >= 0.3 is 5.97 Å². The Morgan fingerprint density at radius 2 is 1.85 bits per heavy atom. The number of rotatable bonds is 7. The van der Waals surface area contributed by atoms with E-state index < -0.39 is 5.97 Å². The first-order valence-corrected chi connectivity index (χ1v) is 8.27. The first-order valence-electron chi connectivity index (χ1n) is 8.27. The predicted molar refractivity (Wildman–Crippen MR) is 99.5 cm³/mol. The Morgan fingerprint density at radius 1 is 1.11 bits per heavy atom. The number of carbonyl (C=O) groups is 1. The summed E-state index contributed by atoms with van der Waals surface area (Å²) in [6, 6.07) is 13.1. The summed E-state index contributed by atoms with van der Waals surface area (Å²) in [6.45, 7) is 0.623. The quantitative estimate of drug-likeness (QED) is 0.620. The molecule has 8 heteroatoms. The van der Waals surface area contributed by atoms with Gasteiger partial charge in [-0.25, -0.2) is 9.18 Å². The summed E-state index contributed by atoms with van der Waals surface area (Å²) >= 11 is 0. The average molecular weight is 367 g/mol. The number of halogens is 1. The summed E-state index contributed by atoms with van der Waals surface area (Å²) in [5.41, 5.74) is 2.20. The Kier molecular flexibility index (Phi) is 5.88. The van der Waals surface area contributed by atoms with Gasteiger partial charge in [0.2, 0.25) is 5.95 Å². The molecule has 0 aliphatic rings. The molecule has 0 saturated heterocycles. The van der Waals surface area contributed by atoms with E-state index in [2.05, 4.69) is 30.6 Å². The molecule has 3 aromatic rings. The van der Waals surface area contributed by atoms with E-state index in [0.717, 1.165) is 12.0 Å². The van der Waals surface area contributed by atoms with Gasteiger partial charge in [-0.3, -0.25) is 0 Å². The minimum atomic E-state index is -0.396. The first-order chi connectivity index (χ1) is 13.1. The Balaban J connectivity index is 1.56. The minimum absolute atomic E-state index is 0.248. The summed E-state index contributed by atoms with van der Waals surface area (Å²) in [5, 5.41) is 14.0. The van der Waals surface area contributed by atoms with E-state index in [1.807, 2.05) is 0 Å². The van der Waals surface area contributed by atoms with E-state index >= 15 is 0 Å². The Morgan fingerprint density at radius 3 is 2.56 bits per heavy atom. The smallest absolute Gasteiger partial charge is 0.337 e. The van der Waals surface area contributed by atoms with Crippen LogP contribution in [0.1, 0.15) is 15.9 Å². The molecule has 0 unspecified atom stereocenters. The van der Waals surface area contributed by atoms with Crippen LogP contribution in [0.3, 0.4) is 0 Å². The molecule has 0 spiro atoms. The van der Waals surface area contributed by atoms with Crippen molar-refractivity contribution >= 4 is 23.4 Å². The van der Waals surface area contributed by atoms with Crippen molar-refractivity contribution in [3.05, 3.63) is 71.7 Å². The maximum absolute atomic E-state index is 12.9. The molecule has 0 amide bonds. The molecule has 2 aromatic carbocycles. The highest BCUT2D eigenvalue weighted by molar-refractivity contribution is 5.89. The van der Waals surface area contributed by atoms with Gasteiger partial charge in [0, 0.05) is 12.2 Å². The lowest BCUT2D eigenvalue weighted by Crippen LogP contribution is -2.09. The maximum atomic E-state index is 12.9. The number of nitrogens with one attached hydrogen (secondary N) is 2. The molecular formula is C19H18FN5O2. The molecular weight excluding hydrogens is 349 g/mol. The third-order valence-corrected chi connectivity index (χ3v) is 3.75. The zero-order valence-corrected chi connectivity index (χ0v) is 14.6. The molecule has 1 aromatic heterocycles. The van der Waals surface area contributed by atoms with E-state index in [-0.39, 0.29) is 5.82 Å². The summed E-state index contributed by atoms with van der Waals surface area (Å²) in [4.78, 5) is 15.8. The van der Waals surface area contributed by atoms with Crippen LogP contribution in [0.15, 0.2) is 54.7 Å². The average Bonchev–Trinajstić information content (AvgIpc) is 2.70. The Labute approximate surface area is 155 Å². The van der Waals surface area contributed by atoms with Crippen molar-refractivity contribution in [2.45, 2.75) is 6.42 Å². The largest absolute Gasteiger partial charge is 0.465 e. The fourth-order valence-corrected chi connectivity index (χ4v) is 2.36. The van der Waals surface area contributed by atoms with E-state index in [1.54, 1.807) is 36.4 Å². The van der Waals surface area contributed by atoms with E-state index in [1.165, 1.54) is 25.4 Å². The van der Waals surface area contributed by atoms with Crippen LogP contribution in [0, 0.1) is 5.82 Å². The monoisotopic (exact) mass is 367 g/mol. The second kappa shape index (κ2) is 8.70. The lowest BCUT2D eigenvalue weighted by Gasteiger charge is -2.08. The van der Waals surface area contributed by atoms with Crippen molar-refractivity contribution < 1.29 is 13.9 Å². The van der Waals surface area contributed by atoms with Gasteiger partial charge in [-0.05, 0) is 48.4 Å². The number of ether oxygens (including phenoxy) is 1. The van der Waals surface area contributed by atoms with Crippen LogP contribution in [-0.4, -0.2) is 34.8 Å². The van der Waals surface area contributed by atoms with Crippen LogP contribution in [0.5, 0.6) is 0 Å². The molecule has 1 heterocycles. The molecule has 0 fully saturated rings. The number of benzene rings is 2. The van der Waals surface area contributed by atoms with Crippen molar-refractivity contribution in [2.24, 2.45) is 0 Å². The summed E-state index contributed by atoms with van der Waals surface area (Å²) in [7, 11) is 1.34. The highest BCUT2D eigenvalue weighted by Gasteiger charge is 2.06. The van der Waals surface area contributed by atoms with Gasteiger partial charge in [-0.2, -0.15) is 10.1 Å². The molecule has 0 radical (unpaired) electrons. The highest BCUT2D eigenvalue weighted by atomic mass is 19.1.